The van der Waals surface area contributed by atoms with Gasteiger partial charge in [0.15, 0.2) is 0 Å². The van der Waals surface area contributed by atoms with Gasteiger partial charge in [-0.15, -0.1) is 0 Å². The Balaban J connectivity index is 2.23. The molecule has 0 aromatic heterocycles. The lowest BCUT2D eigenvalue weighted by Gasteiger charge is -2.18. The van der Waals surface area contributed by atoms with Crippen molar-refractivity contribution < 1.29 is 4.92 Å². The van der Waals surface area contributed by atoms with Gasteiger partial charge in [-0.1, -0.05) is 23.8 Å². The number of nitro benzene ring substituents is 1. The van der Waals surface area contributed by atoms with Crippen LogP contribution in [0.3, 0.4) is 0 Å². The summed E-state index contributed by atoms with van der Waals surface area (Å²) in [5.41, 5.74) is 4.58. The van der Waals surface area contributed by atoms with Crippen molar-refractivity contribution in [3.63, 3.8) is 0 Å². The smallest absolute Gasteiger partial charge is 0.283 e. The Morgan fingerprint density at radius 3 is 2.52 bits per heavy atom. The second-order valence-corrected chi connectivity index (χ2v) is 6.00. The molecule has 110 valence electrons. The van der Waals surface area contributed by atoms with E-state index in [9.17, 15) is 10.1 Å². The summed E-state index contributed by atoms with van der Waals surface area (Å²) in [6, 6.07) is 11.4. The van der Waals surface area contributed by atoms with Gasteiger partial charge in [0.05, 0.1) is 9.40 Å². The average Bonchev–Trinajstić information content (AvgIpc) is 2.41. The van der Waals surface area contributed by atoms with Crippen LogP contribution in [0, 0.1) is 24.0 Å². The molecular formula is C16H17BrN2O2. The third-order valence-corrected chi connectivity index (χ3v) is 4.06. The summed E-state index contributed by atoms with van der Waals surface area (Å²) in [6.45, 7) is 6.23. The van der Waals surface area contributed by atoms with E-state index in [0.29, 0.717) is 4.47 Å². The molecule has 0 aliphatic carbocycles. The van der Waals surface area contributed by atoms with E-state index in [1.165, 1.54) is 22.8 Å². The average molecular weight is 349 g/mol. The van der Waals surface area contributed by atoms with Crippen molar-refractivity contribution in [3.05, 3.63) is 67.7 Å². The third kappa shape index (κ3) is 3.61. The number of halogens is 1. The zero-order valence-electron chi connectivity index (χ0n) is 12.2. The number of hydrogen-bond donors (Lipinski definition) is 1. The maximum Gasteiger partial charge on any atom is 0.283 e. The van der Waals surface area contributed by atoms with Crippen LogP contribution in [0.5, 0.6) is 0 Å². The van der Waals surface area contributed by atoms with E-state index in [4.69, 9.17) is 0 Å². The molecule has 0 saturated carbocycles. The van der Waals surface area contributed by atoms with E-state index >= 15 is 0 Å². The van der Waals surface area contributed by atoms with E-state index in [2.05, 4.69) is 60.2 Å². The second-order valence-electron chi connectivity index (χ2n) is 5.15. The molecule has 0 aliphatic rings. The van der Waals surface area contributed by atoms with Crippen LogP contribution in [0.1, 0.15) is 29.7 Å². The highest BCUT2D eigenvalue weighted by Gasteiger charge is 2.13. The molecule has 2 rings (SSSR count). The van der Waals surface area contributed by atoms with Crippen LogP contribution in [0.25, 0.3) is 0 Å². The van der Waals surface area contributed by atoms with Gasteiger partial charge in [-0.2, -0.15) is 0 Å². The SMILES string of the molecule is Cc1ccc(C)c(C(C)Nc2ccc([N+](=O)[O-])c(Br)c2)c1. The van der Waals surface area contributed by atoms with Crippen LogP contribution in [-0.4, -0.2) is 4.92 Å². The van der Waals surface area contributed by atoms with Gasteiger partial charge in [0.1, 0.15) is 0 Å². The molecule has 0 aliphatic heterocycles. The van der Waals surface area contributed by atoms with Gasteiger partial charge in [0.25, 0.3) is 5.69 Å². The summed E-state index contributed by atoms with van der Waals surface area (Å²) in [5.74, 6) is 0. The molecule has 1 unspecified atom stereocenters. The maximum atomic E-state index is 10.8. The first-order valence-corrected chi connectivity index (χ1v) is 7.45. The number of nitrogens with zero attached hydrogens (tertiary/aromatic N) is 1. The van der Waals surface area contributed by atoms with Gasteiger partial charge in [-0.05, 0) is 60.0 Å². The molecule has 2 aromatic rings. The normalized spacial score (nSPS) is 12.0. The molecule has 0 heterocycles. The number of aryl methyl sites for hydroxylation is 2. The lowest BCUT2D eigenvalue weighted by atomic mass is 10.00. The Morgan fingerprint density at radius 2 is 1.90 bits per heavy atom. The number of nitrogens with one attached hydrogen (secondary N) is 1. The molecule has 0 saturated heterocycles. The largest absolute Gasteiger partial charge is 0.378 e. The highest BCUT2D eigenvalue weighted by molar-refractivity contribution is 9.10. The molecule has 0 radical (unpaired) electrons. The fourth-order valence-electron chi connectivity index (χ4n) is 2.30. The molecule has 0 bridgehead atoms. The van der Waals surface area contributed by atoms with E-state index in [1.807, 2.05) is 0 Å². The number of hydrogen-bond acceptors (Lipinski definition) is 3. The Labute approximate surface area is 132 Å². The predicted octanol–water partition coefficient (Wildman–Crippen LogP) is 5.15. The number of anilines is 1. The topological polar surface area (TPSA) is 55.2 Å². The highest BCUT2D eigenvalue weighted by Crippen LogP contribution is 2.30. The molecule has 0 fully saturated rings. The summed E-state index contributed by atoms with van der Waals surface area (Å²) in [7, 11) is 0. The molecule has 1 N–H and O–H groups in total. The summed E-state index contributed by atoms with van der Waals surface area (Å²) in [4.78, 5) is 10.4. The Bertz CT molecular complexity index is 686. The molecule has 2 aromatic carbocycles. The summed E-state index contributed by atoms with van der Waals surface area (Å²) in [6.07, 6.45) is 0. The minimum atomic E-state index is -0.401. The quantitative estimate of drug-likeness (QED) is 0.614. The number of nitro groups is 1. The number of benzene rings is 2. The fourth-order valence-corrected chi connectivity index (χ4v) is 2.82. The van der Waals surface area contributed by atoms with Gasteiger partial charge >= 0.3 is 0 Å². The molecule has 4 nitrogen and oxygen atoms in total. The molecule has 5 heteroatoms. The molecule has 1 atom stereocenters. The van der Waals surface area contributed by atoms with Crippen molar-refractivity contribution >= 4 is 27.3 Å². The van der Waals surface area contributed by atoms with Gasteiger partial charge in [-0.25, -0.2) is 0 Å². The van der Waals surface area contributed by atoms with Gasteiger partial charge < -0.3 is 5.32 Å². The number of rotatable bonds is 4. The molecular weight excluding hydrogens is 332 g/mol. The molecule has 0 spiro atoms. The van der Waals surface area contributed by atoms with Crippen molar-refractivity contribution in [2.75, 3.05) is 5.32 Å². The predicted molar refractivity (Wildman–Crippen MR) is 88.8 cm³/mol. The van der Waals surface area contributed by atoms with E-state index in [-0.39, 0.29) is 11.7 Å². The highest BCUT2D eigenvalue weighted by atomic mass is 79.9. The van der Waals surface area contributed by atoms with Crippen molar-refractivity contribution in [1.29, 1.82) is 0 Å². The monoisotopic (exact) mass is 348 g/mol. The standard InChI is InChI=1S/C16H17BrN2O2/c1-10-4-5-11(2)14(8-10)12(3)18-13-6-7-16(19(20)21)15(17)9-13/h4-9,12,18H,1-3H3. The summed E-state index contributed by atoms with van der Waals surface area (Å²) < 4.78 is 0.477. The Hall–Kier alpha value is -1.88. The first kappa shape index (κ1) is 15.5. The lowest BCUT2D eigenvalue weighted by molar-refractivity contribution is -0.385. The molecule has 21 heavy (non-hydrogen) atoms. The van der Waals surface area contributed by atoms with Crippen LogP contribution in [0.4, 0.5) is 11.4 Å². The van der Waals surface area contributed by atoms with Gasteiger partial charge in [0.2, 0.25) is 0 Å². The van der Waals surface area contributed by atoms with Crippen LogP contribution >= 0.6 is 15.9 Å². The minimum absolute atomic E-state index is 0.0694. The summed E-state index contributed by atoms with van der Waals surface area (Å²) >= 11 is 3.24. The fraction of sp³-hybridized carbons (Fsp3) is 0.250. The van der Waals surface area contributed by atoms with Crippen LogP contribution in [-0.2, 0) is 0 Å². The van der Waals surface area contributed by atoms with Crippen molar-refractivity contribution in [2.24, 2.45) is 0 Å². The van der Waals surface area contributed by atoms with E-state index in [0.717, 1.165) is 5.69 Å². The Morgan fingerprint density at radius 1 is 1.19 bits per heavy atom. The lowest BCUT2D eigenvalue weighted by Crippen LogP contribution is -2.08. The van der Waals surface area contributed by atoms with Gasteiger partial charge in [-0.3, -0.25) is 10.1 Å². The zero-order chi connectivity index (χ0) is 15.6. The van der Waals surface area contributed by atoms with E-state index in [1.54, 1.807) is 12.1 Å². The maximum absolute atomic E-state index is 10.8. The van der Waals surface area contributed by atoms with Crippen molar-refractivity contribution in [3.8, 4) is 0 Å². The van der Waals surface area contributed by atoms with Crippen LogP contribution < -0.4 is 5.32 Å². The second kappa shape index (κ2) is 6.26. The zero-order valence-corrected chi connectivity index (χ0v) is 13.8. The first-order chi connectivity index (χ1) is 9.88. The summed E-state index contributed by atoms with van der Waals surface area (Å²) in [5, 5.41) is 14.2. The third-order valence-electron chi connectivity index (χ3n) is 3.43. The van der Waals surface area contributed by atoms with Crippen LogP contribution in [0.2, 0.25) is 0 Å². The van der Waals surface area contributed by atoms with Gasteiger partial charge in [0, 0.05) is 17.8 Å². The van der Waals surface area contributed by atoms with Crippen molar-refractivity contribution in [1.82, 2.24) is 0 Å². The minimum Gasteiger partial charge on any atom is -0.378 e. The van der Waals surface area contributed by atoms with Crippen molar-refractivity contribution in [2.45, 2.75) is 26.8 Å². The molecule has 0 amide bonds. The Kier molecular flexibility index (Phi) is 4.63. The van der Waals surface area contributed by atoms with Crippen LogP contribution in [0.15, 0.2) is 40.9 Å². The van der Waals surface area contributed by atoms with E-state index < -0.39 is 4.92 Å². The first-order valence-electron chi connectivity index (χ1n) is 6.66.